The minimum absolute atomic E-state index is 0.171. The molecule has 0 spiro atoms. The van der Waals surface area contributed by atoms with Crippen molar-refractivity contribution in [3.8, 4) is 0 Å². The summed E-state index contributed by atoms with van der Waals surface area (Å²) in [4.78, 5) is 16.9. The van der Waals surface area contributed by atoms with Gasteiger partial charge in [0, 0.05) is 48.9 Å². The SMILES string of the molecule is O=C(C1CCCO1)N1CCN(C2CCc3c(Cl)cc(Cl)cc32)CC1. The monoisotopic (exact) mass is 368 g/mol. The molecule has 0 radical (unpaired) electrons. The topological polar surface area (TPSA) is 32.8 Å². The van der Waals surface area contributed by atoms with Crippen LogP contribution in [0.25, 0.3) is 0 Å². The fourth-order valence-electron chi connectivity index (χ4n) is 4.23. The summed E-state index contributed by atoms with van der Waals surface area (Å²) in [5.41, 5.74) is 2.51. The van der Waals surface area contributed by atoms with E-state index in [0.717, 1.165) is 63.5 Å². The molecule has 2 aliphatic heterocycles. The third-order valence-corrected chi connectivity index (χ3v) is 6.05. The first-order chi connectivity index (χ1) is 11.6. The molecule has 1 aromatic rings. The van der Waals surface area contributed by atoms with Gasteiger partial charge < -0.3 is 9.64 Å². The van der Waals surface area contributed by atoms with Crippen LogP contribution in [0, 0.1) is 0 Å². The molecule has 1 aromatic carbocycles. The molecule has 1 aliphatic carbocycles. The van der Waals surface area contributed by atoms with Gasteiger partial charge in [0.25, 0.3) is 5.91 Å². The molecule has 3 aliphatic rings. The van der Waals surface area contributed by atoms with Gasteiger partial charge in [-0.1, -0.05) is 23.2 Å². The van der Waals surface area contributed by atoms with Crippen LogP contribution >= 0.6 is 23.2 Å². The number of nitrogens with zero attached hydrogens (tertiary/aromatic N) is 2. The summed E-state index contributed by atoms with van der Waals surface area (Å²) >= 11 is 12.5. The Balaban J connectivity index is 1.42. The highest BCUT2D eigenvalue weighted by atomic mass is 35.5. The quantitative estimate of drug-likeness (QED) is 0.802. The van der Waals surface area contributed by atoms with Crippen molar-refractivity contribution in [3.63, 3.8) is 0 Å². The first-order valence-electron chi connectivity index (χ1n) is 8.76. The van der Waals surface area contributed by atoms with Gasteiger partial charge in [-0.25, -0.2) is 0 Å². The van der Waals surface area contributed by atoms with Crippen LogP contribution in [-0.2, 0) is 16.0 Å². The average Bonchev–Trinajstić information content (AvgIpc) is 3.24. The third kappa shape index (κ3) is 3.05. The standard InChI is InChI=1S/C18H22Cl2N2O2/c19-12-10-14-13(15(20)11-12)3-4-16(14)21-5-7-22(8-6-21)18(23)17-2-1-9-24-17/h10-11,16-17H,1-9H2. The number of amides is 1. The maximum Gasteiger partial charge on any atom is 0.251 e. The fraction of sp³-hybridized carbons (Fsp3) is 0.611. The summed E-state index contributed by atoms with van der Waals surface area (Å²) in [5, 5.41) is 1.49. The minimum atomic E-state index is -0.207. The molecule has 2 heterocycles. The van der Waals surface area contributed by atoms with Crippen molar-refractivity contribution in [1.29, 1.82) is 0 Å². The third-order valence-electron chi connectivity index (χ3n) is 5.49. The van der Waals surface area contributed by atoms with E-state index < -0.39 is 0 Å². The lowest BCUT2D eigenvalue weighted by Gasteiger charge is -2.39. The van der Waals surface area contributed by atoms with Gasteiger partial charge in [-0.15, -0.1) is 0 Å². The van der Waals surface area contributed by atoms with E-state index >= 15 is 0 Å². The second-order valence-electron chi connectivity index (χ2n) is 6.87. The van der Waals surface area contributed by atoms with Gasteiger partial charge in [-0.05, 0) is 48.9 Å². The van der Waals surface area contributed by atoms with E-state index in [4.69, 9.17) is 27.9 Å². The Kier molecular flexibility index (Phi) is 4.74. The molecule has 24 heavy (non-hydrogen) atoms. The zero-order valence-corrected chi connectivity index (χ0v) is 15.2. The lowest BCUT2D eigenvalue weighted by Crippen LogP contribution is -2.51. The van der Waals surface area contributed by atoms with Crippen LogP contribution in [0.4, 0.5) is 0 Å². The zero-order chi connectivity index (χ0) is 16.7. The Morgan fingerprint density at radius 2 is 1.92 bits per heavy atom. The average molecular weight is 369 g/mol. The maximum atomic E-state index is 12.5. The van der Waals surface area contributed by atoms with Crippen molar-refractivity contribution in [2.24, 2.45) is 0 Å². The van der Waals surface area contributed by atoms with E-state index in [-0.39, 0.29) is 12.0 Å². The number of hydrogen-bond acceptors (Lipinski definition) is 3. The van der Waals surface area contributed by atoms with Crippen LogP contribution < -0.4 is 0 Å². The molecule has 2 fully saturated rings. The number of fused-ring (bicyclic) bond motifs is 1. The zero-order valence-electron chi connectivity index (χ0n) is 13.6. The van der Waals surface area contributed by atoms with Crippen molar-refractivity contribution in [2.45, 2.75) is 37.8 Å². The van der Waals surface area contributed by atoms with Gasteiger partial charge in [0.15, 0.2) is 0 Å². The van der Waals surface area contributed by atoms with Crippen LogP contribution in [0.1, 0.15) is 36.4 Å². The highest BCUT2D eigenvalue weighted by molar-refractivity contribution is 6.35. The Labute approximate surface area is 152 Å². The summed E-state index contributed by atoms with van der Waals surface area (Å²) < 4.78 is 5.53. The van der Waals surface area contributed by atoms with Crippen LogP contribution in [0.15, 0.2) is 12.1 Å². The highest BCUT2D eigenvalue weighted by Gasteiger charge is 2.34. The molecule has 6 heteroatoms. The van der Waals surface area contributed by atoms with Crippen LogP contribution in [0.5, 0.6) is 0 Å². The van der Waals surface area contributed by atoms with E-state index in [2.05, 4.69) is 11.0 Å². The Morgan fingerprint density at radius 1 is 1.12 bits per heavy atom. The van der Waals surface area contributed by atoms with E-state index in [9.17, 15) is 4.79 Å². The van der Waals surface area contributed by atoms with Crippen LogP contribution in [-0.4, -0.2) is 54.6 Å². The maximum absolute atomic E-state index is 12.5. The molecule has 2 atom stereocenters. The summed E-state index contributed by atoms with van der Waals surface area (Å²) in [6, 6.07) is 4.27. The largest absolute Gasteiger partial charge is 0.368 e. The predicted molar refractivity (Wildman–Crippen MR) is 94.7 cm³/mol. The van der Waals surface area contributed by atoms with E-state index in [0.29, 0.717) is 11.1 Å². The number of rotatable bonds is 2. The number of carbonyl (C=O) groups excluding carboxylic acids is 1. The summed E-state index contributed by atoms with van der Waals surface area (Å²) in [5.74, 6) is 0.171. The number of piperazine rings is 1. The molecule has 0 bridgehead atoms. The number of benzene rings is 1. The first kappa shape index (κ1) is 16.6. The van der Waals surface area contributed by atoms with Gasteiger partial charge >= 0.3 is 0 Å². The first-order valence-corrected chi connectivity index (χ1v) is 9.51. The molecule has 130 valence electrons. The predicted octanol–water partition coefficient (Wildman–Crippen LogP) is 3.30. The summed E-state index contributed by atoms with van der Waals surface area (Å²) in [7, 11) is 0. The van der Waals surface area contributed by atoms with Crippen molar-refractivity contribution in [1.82, 2.24) is 9.80 Å². The van der Waals surface area contributed by atoms with Gasteiger partial charge in [-0.3, -0.25) is 9.69 Å². The molecule has 2 saturated heterocycles. The minimum Gasteiger partial charge on any atom is -0.368 e. The Hall–Kier alpha value is -0.810. The second kappa shape index (κ2) is 6.83. The normalized spacial score (nSPS) is 27.5. The molecular formula is C18H22Cl2N2O2. The van der Waals surface area contributed by atoms with E-state index in [1.165, 1.54) is 11.1 Å². The van der Waals surface area contributed by atoms with Gasteiger partial charge in [0.1, 0.15) is 6.10 Å². The number of carbonyl (C=O) groups is 1. The molecular weight excluding hydrogens is 347 g/mol. The van der Waals surface area contributed by atoms with Crippen molar-refractivity contribution in [3.05, 3.63) is 33.3 Å². The second-order valence-corrected chi connectivity index (χ2v) is 7.72. The summed E-state index contributed by atoms with van der Waals surface area (Å²) in [6.45, 7) is 4.06. The highest BCUT2D eigenvalue weighted by Crippen LogP contribution is 2.41. The Morgan fingerprint density at radius 3 is 2.62 bits per heavy atom. The molecule has 4 rings (SSSR count). The smallest absolute Gasteiger partial charge is 0.251 e. The molecule has 0 N–H and O–H groups in total. The van der Waals surface area contributed by atoms with E-state index in [1.54, 1.807) is 0 Å². The lowest BCUT2D eigenvalue weighted by atomic mass is 10.1. The fourth-order valence-corrected chi connectivity index (χ4v) is 4.83. The Bertz CT molecular complexity index is 638. The molecule has 0 saturated carbocycles. The van der Waals surface area contributed by atoms with Crippen molar-refractivity contribution < 1.29 is 9.53 Å². The van der Waals surface area contributed by atoms with Crippen molar-refractivity contribution in [2.75, 3.05) is 32.8 Å². The summed E-state index contributed by atoms with van der Waals surface area (Å²) in [6.07, 6.45) is 3.74. The van der Waals surface area contributed by atoms with Crippen LogP contribution in [0.2, 0.25) is 10.0 Å². The van der Waals surface area contributed by atoms with E-state index in [1.807, 2.05) is 11.0 Å². The number of hydrogen-bond donors (Lipinski definition) is 0. The van der Waals surface area contributed by atoms with Gasteiger partial charge in [0.05, 0.1) is 0 Å². The van der Waals surface area contributed by atoms with Crippen LogP contribution in [0.3, 0.4) is 0 Å². The van der Waals surface area contributed by atoms with Crippen molar-refractivity contribution >= 4 is 29.1 Å². The molecule has 4 nitrogen and oxygen atoms in total. The lowest BCUT2D eigenvalue weighted by molar-refractivity contribution is -0.143. The number of halogens is 2. The number of ether oxygens (including phenoxy) is 1. The van der Waals surface area contributed by atoms with Gasteiger partial charge in [0.2, 0.25) is 0 Å². The molecule has 1 amide bonds. The molecule has 0 aromatic heterocycles. The molecule has 2 unspecified atom stereocenters. The van der Waals surface area contributed by atoms with Gasteiger partial charge in [-0.2, -0.15) is 0 Å².